The van der Waals surface area contributed by atoms with E-state index in [2.05, 4.69) is 44.3 Å². The van der Waals surface area contributed by atoms with E-state index in [1.54, 1.807) is 6.07 Å². The zero-order valence-electron chi connectivity index (χ0n) is 18.1. The second-order valence-electron chi connectivity index (χ2n) is 8.35. The quantitative estimate of drug-likeness (QED) is 0.309. The maximum absolute atomic E-state index is 11.5. The molecule has 0 aliphatic carbocycles. The Morgan fingerprint density at radius 3 is 1.93 bits per heavy atom. The summed E-state index contributed by atoms with van der Waals surface area (Å²) in [6, 6.07) is 3.21. The van der Waals surface area contributed by atoms with Gasteiger partial charge in [-0.15, -0.1) is 0 Å². The molecule has 2 aliphatic heterocycles. The molecule has 0 bridgehead atoms. The van der Waals surface area contributed by atoms with Gasteiger partial charge in [-0.3, -0.25) is 29.7 Å². The maximum Gasteiger partial charge on any atom is 0.293 e. The molecule has 0 aromatic heterocycles. The zero-order chi connectivity index (χ0) is 21.5. The van der Waals surface area contributed by atoms with Gasteiger partial charge in [-0.05, 0) is 33.0 Å². The molecule has 1 aromatic rings. The smallest absolute Gasteiger partial charge is 0.293 e. The fraction of sp³-hybridized carbons (Fsp3) is 0.700. The van der Waals surface area contributed by atoms with Crippen LogP contribution in [0.25, 0.3) is 0 Å². The summed E-state index contributed by atoms with van der Waals surface area (Å²) in [6.07, 6.45) is 1.93. The monoisotopic (exact) mass is 439 g/mol. The van der Waals surface area contributed by atoms with E-state index in [0.717, 1.165) is 77.7 Å². The van der Waals surface area contributed by atoms with Crippen molar-refractivity contribution in [2.75, 3.05) is 90.4 Å². The summed E-state index contributed by atoms with van der Waals surface area (Å²) in [5.74, 6) is 0. The molecule has 2 saturated heterocycles. The molecule has 2 aliphatic rings. The lowest BCUT2D eigenvalue weighted by molar-refractivity contribution is -0.383. The number of benzene rings is 1. The van der Waals surface area contributed by atoms with Gasteiger partial charge in [0.1, 0.15) is 5.69 Å². The Labute approximate surface area is 184 Å². The van der Waals surface area contributed by atoms with E-state index in [9.17, 15) is 10.1 Å². The molecular weight excluding hydrogens is 406 g/mol. The first-order valence-corrected chi connectivity index (χ1v) is 11.1. The highest BCUT2D eigenvalue weighted by molar-refractivity contribution is 6.33. The normalized spacial score (nSPS) is 18.9. The van der Waals surface area contributed by atoms with Gasteiger partial charge in [0, 0.05) is 58.4 Å². The van der Waals surface area contributed by atoms with E-state index in [0.29, 0.717) is 17.3 Å². The van der Waals surface area contributed by atoms with Crippen LogP contribution >= 0.6 is 11.6 Å². The number of halogens is 1. The van der Waals surface area contributed by atoms with Gasteiger partial charge < -0.3 is 10.6 Å². The fourth-order valence-corrected chi connectivity index (χ4v) is 4.22. The molecule has 168 valence electrons. The first kappa shape index (κ1) is 23.0. The van der Waals surface area contributed by atoms with Crippen molar-refractivity contribution in [3.63, 3.8) is 0 Å². The Kier molecular flexibility index (Phi) is 8.52. The Morgan fingerprint density at radius 1 is 0.933 bits per heavy atom. The van der Waals surface area contributed by atoms with Crippen molar-refractivity contribution < 1.29 is 4.92 Å². The highest BCUT2D eigenvalue weighted by atomic mass is 35.5. The van der Waals surface area contributed by atoms with Crippen LogP contribution in [0.2, 0.25) is 5.02 Å². The molecule has 30 heavy (non-hydrogen) atoms. The maximum atomic E-state index is 11.5. The molecule has 9 nitrogen and oxygen atoms in total. The minimum Gasteiger partial charge on any atom is -0.384 e. The number of nitrogens with zero attached hydrogens (tertiary/aromatic N) is 5. The van der Waals surface area contributed by atoms with Crippen molar-refractivity contribution >= 4 is 28.7 Å². The van der Waals surface area contributed by atoms with Crippen LogP contribution in [-0.2, 0) is 0 Å². The summed E-state index contributed by atoms with van der Waals surface area (Å²) < 4.78 is 0. The van der Waals surface area contributed by atoms with E-state index < -0.39 is 0 Å². The molecule has 1 aromatic carbocycles. The Hall–Kier alpha value is -1.65. The molecule has 0 amide bonds. The third kappa shape index (κ3) is 6.68. The summed E-state index contributed by atoms with van der Waals surface area (Å²) in [5, 5.41) is 18.4. The Bertz CT molecular complexity index is 721. The van der Waals surface area contributed by atoms with Gasteiger partial charge >= 0.3 is 0 Å². The highest BCUT2D eigenvalue weighted by Crippen LogP contribution is 2.34. The number of likely N-dealkylation sites (N-methyl/N-ethyl adjacent to an activating group) is 2. The van der Waals surface area contributed by atoms with Crippen molar-refractivity contribution in [2.24, 2.45) is 0 Å². The summed E-state index contributed by atoms with van der Waals surface area (Å²) in [5.41, 5.74) is 1.28. The number of nitro groups is 1. The van der Waals surface area contributed by atoms with Gasteiger partial charge in [0.15, 0.2) is 0 Å². The Morgan fingerprint density at radius 2 is 1.47 bits per heavy atom. The molecule has 10 heteroatoms. The third-order valence-electron chi connectivity index (χ3n) is 5.69. The zero-order valence-corrected chi connectivity index (χ0v) is 18.8. The molecule has 0 saturated carbocycles. The van der Waals surface area contributed by atoms with Crippen LogP contribution in [0.15, 0.2) is 12.1 Å². The Balaban J connectivity index is 1.49. The number of rotatable bonds is 11. The standard InChI is InChI=1S/C20H34ClN7O2/c1-24-9-11-26(15-24)7-3-5-22-18-14-19(20(28(29)30)13-17(18)21)23-6-4-8-27-12-10-25(2)16-27/h13-14,22-23H,3-12,15-16H2,1-2H3. The van der Waals surface area contributed by atoms with Gasteiger partial charge in [-0.1, -0.05) is 11.6 Å². The van der Waals surface area contributed by atoms with E-state index in [-0.39, 0.29) is 10.6 Å². The SMILES string of the molecule is CN1CCN(CCCNc2cc(NCCCN3CCN(C)C3)c([N+](=O)[O-])cc2Cl)C1. The van der Waals surface area contributed by atoms with Crippen LogP contribution in [0.4, 0.5) is 17.1 Å². The summed E-state index contributed by atoms with van der Waals surface area (Å²) in [4.78, 5) is 20.5. The van der Waals surface area contributed by atoms with Gasteiger partial charge in [0.25, 0.3) is 5.69 Å². The van der Waals surface area contributed by atoms with Crippen LogP contribution < -0.4 is 10.6 Å². The fourth-order valence-electron chi connectivity index (χ4n) is 4.00. The van der Waals surface area contributed by atoms with Crippen LogP contribution in [-0.4, -0.2) is 104 Å². The highest BCUT2D eigenvalue weighted by Gasteiger charge is 2.19. The number of anilines is 2. The molecule has 2 fully saturated rings. The number of hydrogen-bond acceptors (Lipinski definition) is 8. The van der Waals surface area contributed by atoms with Gasteiger partial charge in [0.2, 0.25) is 0 Å². The molecule has 3 rings (SSSR count). The molecule has 0 spiro atoms. The van der Waals surface area contributed by atoms with Gasteiger partial charge in [0.05, 0.1) is 29.0 Å². The molecule has 0 unspecified atom stereocenters. The van der Waals surface area contributed by atoms with E-state index in [1.165, 1.54) is 6.07 Å². The minimum absolute atomic E-state index is 0.0200. The third-order valence-corrected chi connectivity index (χ3v) is 6.01. The largest absolute Gasteiger partial charge is 0.384 e. The second kappa shape index (κ2) is 11.1. The van der Waals surface area contributed by atoms with Crippen molar-refractivity contribution in [1.29, 1.82) is 0 Å². The van der Waals surface area contributed by atoms with Crippen LogP contribution in [0.5, 0.6) is 0 Å². The van der Waals surface area contributed by atoms with E-state index in [4.69, 9.17) is 11.6 Å². The van der Waals surface area contributed by atoms with Crippen molar-refractivity contribution in [2.45, 2.75) is 12.8 Å². The number of hydrogen-bond donors (Lipinski definition) is 2. The minimum atomic E-state index is -0.378. The van der Waals surface area contributed by atoms with Crippen molar-refractivity contribution in [3.05, 3.63) is 27.3 Å². The van der Waals surface area contributed by atoms with E-state index in [1.807, 2.05) is 0 Å². The molecular formula is C20H34ClN7O2. The predicted molar refractivity (Wildman–Crippen MR) is 122 cm³/mol. The average Bonchev–Trinajstić information content (AvgIpc) is 3.31. The lowest BCUT2D eigenvalue weighted by Crippen LogP contribution is -2.25. The van der Waals surface area contributed by atoms with Gasteiger partial charge in [-0.2, -0.15) is 0 Å². The first-order chi connectivity index (χ1) is 14.4. The number of nitrogens with one attached hydrogen (secondary N) is 2. The predicted octanol–water partition coefficient (Wildman–Crippen LogP) is 2.26. The summed E-state index contributed by atoms with van der Waals surface area (Å²) in [6.45, 7) is 9.88. The van der Waals surface area contributed by atoms with Gasteiger partial charge in [-0.25, -0.2) is 0 Å². The van der Waals surface area contributed by atoms with Crippen LogP contribution in [0.3, 0.4) is 0 Å². The van der Waals surface area contributed by atoms with Crippen LogP contribution in [0.1, 0.15) is 12.8 Å². The van der Waals surface area contributed by atoms with Crippen LogP contribution in [0, 0.1) is 10.1 Å². The van der Waals surface area contributed by atoms with Crippen molar-refractivity contribution in [1.82, 2.24) is 19.6 Å². The lowest BCUT2D eigenvalue weighted by Gasteiger charge is -2.17. The molecule has 2 N–H and O–H groups in total. The number of nitro benzene ring substituents is 1. The summed E-state index contributed by atoms with van der Waals surface area (Å²) >= 11 is 6.31. The lowest BCUT2D eigenvalue weighted by atomic mass is 10.2. The second-order valence-corrected chi connectivity index (χ2v) is 8.75. The van der Waals surface area contributed by atoms with E-state index >= 15 is 0 Å². The molecule has 2 heterocycles. The molecule has 0 radical (unpaired) electrons. The molecule has 0 atom stereocenters. The summed E-state index contributed by atoms with van der Waals surface area (Å²) in [7, 11) is 4.25. The first-order valence-electron chi connectivity index (χ1n) is 10.7. The average molecular weight is 440 g/mol. The topological polar surface area (TPSA) is 80.2 Å². The van der Waals surface area contributed by atoms with Crippen molar-refractivity contribution in [3.8, 4) is 0 Å².